The van der Waals surface area contributed by atoms with E-state index in [9.17, 15) is 10.2 Å². The van der Waals surface area contributed by atoms with E-state index in [0.717, 1.165) is 0 Å². The van der Waals surface area contributed by atoms with Crippen molar-refractivity contribution in [2.75, 3.05) is 13.2 Å². The van der Waals surface area contributed by atoms with E-state index in [0.29, 0.717) is 0 Å². The van der Waals surface area contributed by atoms with Crippen molar-refractivity contribution in [1.29, 1.82) is 0 Å². The highest BCUT2D eigenvalue weighted by Gasteiger charge is 2.63. The van der Waals surface area contributed by atoms with Crippen LogP contribution in [0, 0.1) is 29.1 Å². The Morgan fingerprint density at radius 1 is 0.619 bits per heavy atom. The van der Waals surface area contributed by atoms with Crippen molar-refractivity contribution in [1.82, 2.24) is 0 Å². The third kappa shape index (κ3) is 2.76. The first kappa shape index (κ1) is 20.8. The summed E-state index contributed by atoms with van der Waals surface area (Å²) in [5.74, 6) is 0.323. The summed E-state index contributed by atoms with van der Waals surface area (Å²) in [6, 6.07) is 0. The van der Waals surface area contributed by atoms with Crippen molar-refractivity contribution in [3.05, 3.63) is 0 Å². The molecule has 0 fully saturated rings. The van der Waals surface area contributed by atoms with Crippen molar-refractivity contribution in [2.24, 2.45) is 40.6 Å². The topological polar surface area (TPSA) is 92.5 Å². The summed E-state index contributed by atoms with van der Waals surface area (Å²) in [7, 11) is 0. The second-order valence-corrected chi connectivity index (χ2v) is 7.88. The molecule has 0 aromatic heterocycles. The van der Waals surface area contributed by atoms with E-state index in [2.05, 4.69) is 0 Å². The summed E-state index contributed by atoms with van der Waals surface area (Å²) in [5.41, 5.74) is 11.2. The zero-order chi connectivity index (χ0) is 17.2. The molecule has 0 bridgehead atoms. The number of hydrogen-bond donors (Lipinski definition) is 4. The Kier molecular flexibility index (Phi) is 6.89. The van der Waals surface area contributed by atoms with Gasteiger partial charge in [-0.15, -0.1) is 0 Å². The molecule has 0 heterocycles. The molecule has 0 aromatic rings. The molecule has 4 nitrogen and oxygen atoms in total. The Hall–Kier alpha value is -0.160. The van der Waals surface area contributed by atoms with E-state index in [1.54, 1.807) is 0 Å². The highest BCUT2D eigenvalue weighted by atomic mass is 16.3. The first-order valence-electron chi connectivity index (χ1n) is 8.19. The Bertz CT molecular complexity index is 277. The number of rotatable bonds is 8. The molecule has 0 aliphatic carbocycles. The minimum absolute atomic E-state index is 0.0808. The van der Waals surface area contributed by atoms with Gasteiger partial charge in [-0.25, -0.2) is 0 Å². The van der Waals surface area contributed by atoms with Gasteiger partial charge in [0.15, 0.2) is 0 Å². The second kappa shape index (κ2) is 6.95. The predicted molar refractivity (Wildman–Crippen MR) is 89.8 cm³/mol. The van der Waals surface area contributed by atoms with Gasteiger partial charge in [0.1, 0.15) is 0 Å². The van der Waals surface area contributed by atoms with Crippen molar-refractivity contribution >= 4 is 0 Å². The molecular weight excluding hydrogens is 264 g/mol. The highest BCUT2D eigenvalue weighted by Crippen LogP contribution is 2.51. The molecular formula is C17H38N2O2. The zero-order valence-electron chi connectivity index (χ0n) is 15.3. The number of aliphatic hydroxyl groups is 2. The minimum atomic E-state index is -0.954. The van der Waals surface area contributed by atoms with Gasteiger partial charge < -0.3 is 21.7 Å². The molecule has 0 aliphatic rings. The van der Waals surface area contributed by atoms with Crippen LogP contribution < -0.4 is 11.5 Å². The Balaban J connectivity index is 6.52. The second-order valence-electron chi connectivity index (χ2n) is 7.88. The maximum absolute atomic E-state index is 10.3. The first-order chi connectivity index (χ1) is 9.39. The largest absolute Gasteiger partial charge is 0.396 e. The molecule has 128 valence electrons. The quantitative estimate of drug-likeness (QED) is 0.551. The van der Waals surface area contributed by atoms with Crippen LogP contribution in [-0.2, 0) is 0 Å². The molecule has 0 aromatic carbocycles. The first-order valence-corrected chi connectivity index (χ1v) is 8.19. The molecule has 0 saturated heterocycles. The van der Waals surface area contributed by atoms with E-state index in [-0.39, 0.29) is 36.9 Å². The van der Waals surface area contributed by atoms with E-state index >= 15 is 0 Å². The average molecular weight is 303 g/mol. The van der Waals surface area contributed by atoms with Gasteiger partial charge in [0.05, 0.1) is 18.6 Å². The fraction of sp³-hybridized carbons (Fsp3) is 1.00. The van der Waals surface area contributed by atoms with E-state index in [1.165, 1.54) is 0 Å². The molecule has 0 spiro atoms. The zero-order valence-corrected chi connectivity index (χ0v) is 15.3. The lowest BCUT2D eigenvalue weighted by atomic mass is 9.47. The van der Waals surface area contributed by atoms with Crippen LogP contribution in [-0.4, -0.2) is 34.5 Å². The normalized spacial score (nSPS) is 14.9. The molecule has 0 saturated carbocycles. The van der Waals surface area contributed by atoms with E-state index in [1.807, 2.05) is 55.4 Å². The lowest BCUT2D eigenvalue weighted by molar-refractivity contribution is -0.134. The molecule has 0 rings (SSSR count). The number of nitrogens with two attached hydrogens (primary N) is 2. The Labute approximate surface area is 131 Å². The number of hydrogen-bond acceptors (Lipinski definition) is 4. The van der Waals surface area contributed by atoms with Crippen LogP contribution in [0.3, 0.4) is 0 Å². The minimum Gasteiger partial charge on any atom is -0.396 e. The SMILES string of the molecule is CC(C)C(N)(C(C)C)C(CO)(CO)C(N)(C(C)C)C(C)C. The van der Waals surface area contributed by atoms with Crippen molar-refractivity contribution in [3.63, 3.8) is 0 Å². The smallest absolute Gasteiger partial charge is 0.0545 e. The van der Waals surface area contributed by atoms with Gasteiger partial charge in [-0.1, -0.05) is 55.4 Å². The van der Waals surface area contributed by atoms with Crippen LogP contribution in [0.4, 0.5) is 0 Å². The highest BCUT2D eigenvalue weighted by molar-refractivity contribution is 5.18. The lowest BCUT2D eigenvalue weighted by Crippen LogP contribution is -2.79. The molecule has 0 atom stereocenters. The summed E-state index contributed by atoms with van der Waals surface area (Å²) in [6.07, 6.45) is 0. The third-order valence-electron chi connectivity index (χ3n) is 6.02. The molecule has 0 radical (unpaired) electrons. The van der Waals surface area contributed by atoms with Gasteiger partial charge in [0, 0.05) is 11.1 Å². The average Bonchev–Trinajstić information content (AvgIpc) is 2.38. The van der Waals surface area contributed by atoms with Crippen LogP contribution >= 0.6 is 0 Å². The maximum Gasteiger partial charge on any atom is 0.0545 e. The van der Waals surface area contributed by atoms with Crippen LogP contribution in [0.25, 0.3) is 0 Å². The van der Waals surface area contributed by atoms with Gasteiger partial charge in [0.25, 0.3) is 0 Å². The van der Waals surface area contributed by atoms with Crippen molar-refractivity contribution in [3.8, 4) is 0 Å². The van der Waals surface area contributed by atoms with Gasteiger partial charge in [-0.2, -0.15) is 0 Å². The molecule has 6 N–H and O–H groups in total. The molecule has 4 heteroatoms. The van der Waals surface area contributed by atoms with E-state index in [4.69, 9.17) is 11.5 Å². The fourth-order valence-electron chi connectivity index (χ4n) is 4.52. The van der Waals surface area contributed by atoms with Crippen LogP contribution in [0.5, 0.6) is 0 Å². The van der Waals surface area contributed by atoms with Crippen molar-refractivity contribution in [2.45, 2.75) is 66.5 Å². The molecule has 0 amide bonds. The van der Waals surface area contributed by atoms with Gasteiger partial charge in [-0.3, -0.25) is 0 Å². The Morgan fingerprint density at radius 2 is 0.810 bits per heavy atom. The standard InChI is InChI=1S/C17H38N2O2/c1-11(2)16(18,12(3)4)15(9-20,10-21)17(19,13(5)6)14(7)8/h11-14,20-21H,9-10,18-19H2,1-8H3. The maximum atomic E-state index is 10.3. The van der Waals surface area contributed by atoms with Crippen LogP contribution in [0.1, 0.15) is 55.4 Å². The predicted octanol–water partition coefficient (Wildman–Crippen LogP) is 1.98. The van der Waals surface area contributed by atoms with Crippen molar-refractivity contribution < 1.29 is 10.2 Å². The Morgan fingerprint density at radius 3 is 0.905 bits per heavy atom. The summed E-state index contributed by atoms with van der Waals surface area (Å²) < 4.78 is 0. The number of aliphatic hydroxyl groups excluding tert-OH is 2. The van der Waals surface area contributed by atoms with E-state index < -0.39 is 16.5 Å². The molecule has 0 aliphatic heterocycles. The monoisotopic (exact) mass is 302 g/mol. The molecule has 0 unspecified atom stereocenters. The van der Waals surface area contributed by atoms with Gasteiger partial charge in [0.2, 0.25) is 0 Å². The van der Waals surface area contributed by atoms with Gasteiger partial charge >= 0.3 is 0 Å². The lowest BCUT2D eigenvalue weighted by Gasteiger charge is -2.62. The summed E-state index contributed by atoms with van der Waals surface area (Å²) in [6.45, 7) is 15.9. The fourth-order valence-corrected chi connectivity index (χ4v) is 4.52. The van der Waals surface area contributed by atoms with Crippen LogP contribution in [0.2, 0.25) is 0 Å². The summed E-state index contributed by atoms with van der Waals surface area (Å²) >= 11 is 0. The summed E-state index contributed by atoms with van der Waals surface area (Å²) in [4.78, 5) is 0. The van der Waals surface area contributed by atoms with Crippen LogP contribution in [0.15, 0.2) is 0 Å². The molecule has 21 heavy (non-hydrogen) atoms. The summed E-state index contributed by atoms with van der Waals surface area (Å²) in [5, 5.41) is 20.6. The van der Waals surface area contributed by atoms with Gasteiger partial charge in [-0.05, 0) is 23.7 Å². The third-order valence-corrected chi connectivity index (χ3v) is 6.02.